The largest absolute Gasteiger partial charge is 1.00 e. The fourth-order valence-electron chi connectivity index (χ4n) is 15.7. The Morgan fingerprint density at radius 1 is 0.455 bits per heavy atom. The Labute approximate surface area is 436 Å². The van der Waals surface area contributed by atoms with Crippen molar-refractivity contribution in [2.75, 3.05) is 59.1 Å². The maximum absolute atomic E-state index is 11.7. The van der Waals surface area contributed by atoms with Crippen LogP contribution in [0.2, 0.25) is 0 Å². The van der Waals surface area contributed by atoms with Gasteiger partial charge in [-0.1, -0.05) is 68.6 Å². The normalized spacial score (nSPS) is 46.3. The molecular formula is C36H57Br6N9O15. The number of piperidine rings is 3. The van der Waals surface area contributed by atoms with E-state index in [1.807, 2.05) is 20.8 Å². The van der Waals surface area contributed by atoms with Crippen molar-refractivity contribution in [3.8, 4) is 0 Å². The third kappa shape index (κ3) is 7.32. The zero-order valence-electron chi connectivity index (χ0n) is 36.5. The second kappa shape index (κ2) is 18.9. The highest BCUT2D eigenvalue weighted by molar-refractivity contribution is 9.10. The molecule has 9 aliphatic heterocycles. The summed E-state index contributed by atoms with van der Waals surface area (Å²) in [6.07, 6.45) is 3.06. The summed E-state index contributed by atoms with van der Waals surface area (Å²) in [7, 11) is 0. The molecule has 30 heteroatoms. The van der Waals surface area contributed by atoms with E-state index in [0.717, 1.165) is 0 Å². The Morgan fingerprint density at radius 3 is 0.818 bits per heavy atom. The number of aliphatic hydroxyl groups excluding tert-OH is 3. The lowest BCUT2D eigenvalue weighted by Crippen LogP contribution is -3.00. The number of hydrogen-bond donors (Lipinski definition) is 3. The van der Waals surface area contributed by atoms with Gasteiger partial charge in [-0.05, 0) is 19.3 Å². The van der Waals surface area contributed by atoms with Gasteiger partial charge in [0.25, 0.3) is 33.2 Å². The second-order valence-corrected chi connectivity index (χ2v) is 23.5. The SMILES string of the molecule is CCC(CO)[N+]12CC3([N+](=O)[O-])CC1C(Br)C([N+](=O)[O-])(C3)C2.CCC(CO)[N+]12CC3([N+](=O)[O-])CC1C(Br)C([N+](=O)[O-])(C3)C2.CCC(CO)[N+]12CC3([N+](=O)[O-])CC1C(Br)C([N+](=O)[O-])(C3)C2.[Br-].[Br-].[Br-]. The minimum atomic E-state index is -1.28. The van der Waals surface area contributed by atoms with Crippen molar-refractivity contribution in [3.05, 3.63) is 60.7 Å². The van der Waals surface area contributed by atoms with Crippen molar-refractivity contribution in [2.24, 2.45) is 0 Å². The summed E-state index contributed by atoms with van der Waals surface area (Å²) < 4.78 is 0.973. The Hall–Kier alpha value is -0.960. The molecule has 0 aromatic heterocycles. The van der Waals surface area contributed by atoms with Crippen molar-refractivity contribution in [1.29, 1.82) is 0 Å². The van der Waals surface area contributed by atoms with Gasteiger partial charge in [0.05, 0.1) is 39.1 Å². The second-order valence-electron chi connectivity index (χ2n) is 20.6. The van der Waals surface area contributed by atoms with Gasteiger partial charge in [-0.25, -0.2) is 0 Å². The molecule has 18 unspecified atom stereocenters. The van der Waals surface area contributed by atoms with Crippen molar-refractivity contribution in [2.45, 2.75) is 163 Å². The van der Waals surface area contributed by atoms with Gasteiger partial charge in [0.15, 0.2) is 39.3 Å². The molecule has 9 saturated heterocycles. The first-order chi connectivity index (χ1) is 29.3. The summed E-state index contributed by atoms with van der Waals surface area (Å²) in [5, 5.41) is 99.0. The molecule has 9 heterocycles. The Bertz CT molecular complexity index is 1770. The van der Waals surface area contributed by atoms with E-state index in [2.05, 4.69) is 47.8 Å². The molecule has 12 aliphatic rings. The highest BCUT2D eigenvalue weighted by Crippen LogP contribution is 2.63. The number of quaternary nitrogens is 3. The van der Waals surface area contributed by atoms with Crippen LogP contribution in [0.4, 0.5) is 0 Å². The van der Waals surface area contributed by atoms with Crippen molar-refractivity contribution < 1.29 is 109 Å². The minimum Gasteiger partial charge on any atom is -1.00 e. The number of halogens is 6. The summed E-state index contributed by atoms with van der Waals surface area (Å²) in [6.45, 7) is 7.29. The fraction of sp³-hybridized carbons (Fsp3) is 1.00. The van der Waals surface area contributed by atoms with Gasteiger partial charge in [0.2, 0.25) is 0 Å². The Morgan fingerprint density at radius 2 is 0.667 bits per heavy atom. The number of rotatable bonds is 15. The van der Waals surface area contributed by atoms with E-state index in [-0.39, 0.29) is 190 Å². The molecule has 12 rings (SSSR count). The first-order valence-corrected chi connectivity index (χ1v) is 24.3. The number of alkyl halides is 3. The van der Waals surface area contributed by atoms with Gasteiger partial charge >= 0.3 is 0 Å². The minimum absolute atomic E-state index is 0. The van der Waals surface area contributed by atoms with Crippen LogP contribution in [0.5, 0.6) is 0 Å². The Balaban J connectivity index is 0.000000212. The predicted octanol–water partition coefficient (Wildman–Crippen LogP) is -7.31. The standard InChI is InChI=1S/3C12H19BrN3O5.3BrH/c3*1-2-8(4-17)16-6-11(14(18)19)3-9(16)10(13)12(5-11,7-16)15(20)21;;;/h3*8-10,17H,2-7H2,1H3;3*1H/q3*+1;;;/p-3. The highest BCUT2D eigenvalue weighted by atomic mass is 79.9. The summed E-state index contributed by atoms with van der Waals surface area (Å²) >= 11 is 10.4. The summed E-state index contributed by atoms with van der Waals surface area (Å²) in [4.78, 5) is 66.9. The molecule has 0 aromatic rings. The smallest absolute Gasteiger partial charge is 0.294 e. The first-order valence-electron chi connectivity index (χ1n) is 21.5. The molecule has 378 valence electrons. The lowest BCUT2D eigenvalue weighted by atomic mass is 9.73. The van der Waals surface area contributed by atoms with Gasteiger partial charge in [-0.3, -0.25) is 60.7 Å². The van der Waals surface area contributed by atoms with Crippen molar-refractivity contribution in [3.63, 3.8) is 0 Å². The van der Waals surface area contributed by atoms with E-state index in [4.69, 9.17) is 0 Å². The quantitative estimate of drug-likeness (QED) is 0.0594. The molecular weight excluding hydrogens is 1280 g/mol. The van der Waals surface area contributed by atoms with Crippen LogP contribution in [0.15, 0.2) is 0 Å². The molecule has 3 N–H and O–H groups in total. The monoisotopic (exact) mass is 1330 g/mol. The van der Waals surface area contributed by atoms with E-state index in [9.17, 15) is 76.0 Å². The number of nitro groups is 6. The van der Waals surface area contributed by atoms with Crippen LogP contribution >= 0.6 is 47.8 Å². The zero-order valence-corrected chi connectivity index (χ0v) is 46.0. The number of hydrogen-bond acceptors (Lipinski definition) is 15. The summed E-state index contributed by atoms with van der Waals surface area (Å²) in [6, 6.07) is -0.984. The molecule has 0 amide bonds. The topological polar surface area (TPSA) is 320 Å². The predicted molar refractivity (Wildman–Crippen MR) is 229 cm³/mol. The lowest BCUT2D eigenvalue weighted by molar-refractivity contribution is -0.967. The van der Waals surface area contributed by atoms with Crippen LogP contribution in [0.3, 0.4) is 0 Å². The first kappa shape index (κ1) is 57.6. The molecule has 66 heavy (non-hydrogen) atoms. The average molecular weight is 1340 g/mol. The maximum Gasteiger partial charge on any atom is 0.294 e. The maximum atomic E-state index is 11.7. The Kier molecular flexibility index (Phi) is 16.5. The van der Waals surface area contributed by atoms with E-state index in [1.165, 1.54) is 0 Å². The van der Waals surface area contributed by atoms with Crippen LogP contribution in [0.1, 0.15) is 78.6 Å². The highest BCUT2D eigenvalue weighted by Gasteiger charge is 2.89. The molecule has 24 nitrogen and oxygen atoms in total. The van der Waals surface area contributed by atoms with Crippen molar-refractivity contribution >= 4 is 47.8 Å². The molecule has 12 fully saturated rings. The third-order valence-corrected chi connectivity index (χ3v) is 22.5. The molecule has 3 aliphatic carbocycles. The van der Waals surface area contributed by atoms with Crippen LogP contribution in [-0.2, 0) is 0 Å². The van der Waals surface area contributed by atoms with Crippen LogP contribution < -0.4 is 50.9 Å². The van der Waals surface area contributed by atoms with Crippen molar-refractivity contribution in [1.82, 2.24) is 0 Å². The summed E-state index contributed by atoms with van der Waals surface area (Å²) in [5.74, 6) is 0. The fourth-order valence-corrected chi connectivity index (χ4v) is 19.1. The van der Waals surface area contributed by atoms with Gasteiger partial charge in [-0.15, -0.1) is 0 Å². The molecule has 12 bridgehead atoms. The van der Waals surface area contributed by atoms with Gasteiger partial charge in [0.1, 0.15) is 70.0 Å². The van der Waals surface area contributed by atoms with Gasteiger partial charge in [0, 0.05) is 29.5 Å². The van der Waals surface area contributed by atoms with E-state index < -0.39 is 33.2 Å². The lowest BCUT2D eigenvalue weighted by Gasteiger charge is -2.43. The van der Waals surface area contributed by atoms with E-state index in [0.29, 0.717) is 71.6 Å². The number of nitrogens with zero attached hydrogens (tertiary/aromatic N) is 9. The molecule has 0 spiro atoms. The van der Waals surface area contributed by atoms with Gasteiger partial charge in [-0.2, -0.15) is 0 Å². The van der Waals surface area contributed by atoms with Crippen LogP contribution in [0.25, 0.3) is 0 Å². The third-order valence-electron chi connectivity index (χ3n) is 18.2. The van der Waals surface area contributed by atoms with E-state index >= 15 is 0 Å². The zero-order chi connectivity index (χ0) is 46.9. The average Bonchev–Trinajstić information content (AvgIpc) is 3.89. The molecule has 3 saturated carbocycles. The van der Waals surface area contributed by atoms with Gasteiger partial charge < -0.3 is 79.7 Å². The molecule has 0 radical (unpaired) electrons. The summed E-state index contributed by atoms with van der Waals surface area (Å²) in [5.41, 5.74) is -7.46. The van der Waals surface area contributed by atoms with E-state index in [1.54, 1.807) is 0 Å². The van der Waals surface area contributed by atoms with Crippen LogP contribution in [-0.4, -0.2) is 201 Å². The number of aliphatic hydroxyl groups is 3. The molecule has 18 atom stereocenters. The van der Waals surface area contributed by atoms with Crippen LogP contribution in [0, 0.1) is 60.7 Å². The molecule has 0 aromatic carbocycles.